The van der Waals surface area contributed by atoms with Crippen LogP contribution in [-0.4, -0.2) is 6.61 Å². The Morgan fingerprint density at radius 1 is 1.33 bits per heavy atom. The van der Waals surface area contributed by atoms with Crippen LogP contribution in [0.4, 0.5) is 8.78 Å². The average Bonchev–Trinajstić information content (AvgIpc) is 2.17. The lowest BCUT2D eigenvalue weighted by atomic mass is 10.1. The molecule has 0 saturated carbocycles. The molecule has 0 amide bonds. The Morgan fingerprint density at radius 2 is 2.00 bits per heavy atom. The zero-order valence-corrected chi connectivity index (χ0v) is 8.82. The summed E-state index contributed by atoms with van der Waals surface area (Å²) >= 11 is 11.4. The van der Waals surface area contributed by atoms with Crippen molar-refractivity contribution in [2.45, 2.75) is 13.0 Å². The van der Waals surface area contributed by atoms with Crippen LogP contribution in [0.25, 0.3) is 0 Å². The second-order valence-corrected chi connectivity index (χ2v) is 3.32. The maximum atomic E-state index is 11.9. The molecule has 0 heterocycles. The number of hydrogen-bond donors (Lipinski definition) is 0. The first kappa shape index (κ1) is 12.0. The molecule has 0 aliphatic heterocycles. The minimum atomic E-state index is -2.96. The van der Waals surface area contributed by atoms with Gasteiger partial charge in [0.1, 0.15) is 10.8 Å². The minimum Gasteiger partial charge on any atom is -0.433 e. The third-order valence-corrected chi connectivity index (χ3v) is 2.52. The standard InChI is InChI=1S/C9H5Cl2F2NO/c10-7-5(3-4-14)1-2-6(8(7)11)15-9(12)13/h1-2,9H,3H2. The van der Waals surface area contributed by atoms with Crippen LogP contribution in [0.5, 0.6) is 5.75 Å². The van der Waals surface area contributed by atoms with E-state index >= 15 is 0 Å². The predicted molar refractivity (Wildman–Crippen MR) is 52.4 cm³/mol. The van der Waals surface area contributed by atoms with Crippen LogP contribution in [0.2, 0.25) is 10.0 Å². The molecule has 0 saturated heterocycles. The number of nitriles is 1. The fraction of sp³-hybridized carbons (Fsp3) is 0.222. The van der Waals surface area contributed by atoms with Gasteiger partial charge in [0.15, 0.2) is 0 Å². The fourth-order valence-electron chi connectivity index (χ4n) is 0.980. The molecule has 0 aliphatic rings. The van der Waals surface area contributed by atoms with Gasteiger partial charge in [0, 0.05) is 0 Å². The van der Waals surface area contributed by atoms with Gasteiger partial charge in [0.05, 0.1) is 17.5 Å². The molecule has 15 heavy (non-hydrogen) atoms. The zero-order valence-electron chi connectivity index (χ0n) is 7.31. The van der Waals surface area contributed by atoms with Crippen LogP contribution in [-0.2, 0) is 6.42 Å². The Kier molecular flexibility index (Phi) is 4.13. The van der Waals surface area contributed by atoms with Crippen molar-refractivity contribution in [3.63, 3.8) is 0 Å². The van der Waals surface area contributed by atoms with Crippen LogP contribution < -0.4 is 4.74 Å². The van der Waals surface area contributed by atoms with E-state index in [1.165, 1.54) is 12.1 Å². The predicted octanol–water partition coefficient (Wildman–Crippen LogP) is 3.66. The molecule has 1 aromatic rings. The molecular weight excluding hydrogens is 247 g/mol. The number of benzene rings is 1. The van der Waals surface area contributed by atoms with Gasteiger partial charge in [-0.25, -0.2) is 0 Å². The van der Waals surface area contributed by atoms with E-state index in [9.17, 15) is 8.78 Å². The summed E-state index contributed by atoms with van der Waals surface area (Å²) in [5.74, 6) is -0.196. The highest BCUT2D eigenvalue weighted by molar-refractivity contribution is 6.43. The van der Waals surface area contributed by atoms with Gasteiger partial charge < -0.3 is 4.74 Å². The van der Waals surface area contributed by atoms with E-state index in [0.29, 0.717) is 5.56 Å². The lowest BCUT2D eigenvalue weighted by Crippen LogP contribution is -2.03. The van der Waals surface area contributed by atoms with Gasteiger partial charge in [-0.2, -0.15) is 14.0 Å². The molecule has 6 heteroatoms. The summed E-state index contributed by atoms with van der Waals surface area (Å²) in [7, 11) is 0. The van der Waals surface area contributed by atoms with Gasteiger partial charge in [0.2, 0.25) is 0 Å². The van der Waals surface area contributed by atoms with Crippen molar-refractivity contribution in [1.29, 1.82) is 5.26 Å². The molecule has 0 N–H and O–H groups in total. The summed E-state index contributed by atoms with van der Waals surface area (Å²) in [6.07, 6.45) is 0.0630. The molecule has 0 spiro atoms. The molecule has 0 aromatic heterocycles. The first-order chi connectivity index (χ1) is 7.06. The van der Waals surface area contributed by atoms with Gasteiger partial charge in [-0.15, -0.1) is 0 Å². The first-order valence-electron chi connectivity index (χ1n) is 3.85. The van der Waals surface area contributed by atoms with E-state index in [4.69, 9.17) is 28.5 Å². The monoisotopic (exact) mass is 251 g/mol. The quantitative estimate of drug-likeness (QED) is 0.822. The van der Waals surface area contributed by atoms with Crippen molar-refractivity contribution >= 4 is 23.2 Å². The van der Waals surface area contributed by atoms with Crippen molar-refractivity contribution < 1.29 is 13.5 Å². The Hall–Kier alpha value is -1.05. The highest BCUT2D eigenvalue weighted by atomic mass is 35.5. The number of ether oxygens (including phenoxy) is 1. The smallest absolute Gasteiger partial charge is 0.387 e. The number of rotatable bonds is 3. The van der Waals surface area contributed by atoms with Crippen LogP contribution in [0.1, 0.15) is 5.56 Å². The van der Waals surface area contributed by atoms with E-state index in [2.05, 4.69) is 4.74 Å². The fourth-order valence-corrected chi connectivity index (χ4v) is 1.43. The SMILES string of the molecule is N#CCc1ccc(OC(F)F)c(Cl)c1Cl. The Labute approximate surface area is 95.0 Å². The highest BCUT2D eigenvalue weighted by Crippen LogP contribution is 2.35. The topological polar surface area (TPSA) is 33.0 Å². The zero-order chi connectivity index (χ0) is 11.4. The summed E-state index contributed by atoms with van der Waals surface area (Å²) in [5, 5.41) is 8.41. The van der Waals surface area contributed by atoms with Crippen molar-refractivity contribution in [2.75, 3.05) is 0 Å². The van der Waals surface area contributed by atoms with Gasteiger partial charge in [-0.1, -0.05) is 29.3 Å². The van der Waals surface area contributed by atoms with Crippen LogP contribution in [0.3, 0.4) is 0 Å². The Balaban J connectivity index is 3.05. The Morgan fingerprint density at radius 3 is 2.53 bits per heavy atom. The summed E-state index contributed by atoms with van der Waals surface area (Å²) in [4.78, 5) is 0. The molecule has 0 aliphatic carbocycles. The molecule has 0 atom stereocenters. The van der Waals surface area contributed by atoms with E-state index in [-0.39, 0.29) is 22.2 Å². The Bertz CT molecular complexity index is 404. The van der Waals surface area contributed by atoms with Crippen molar-refractivity contribution in [3.05, 3.63) is 27.7 Å². The van der Waals surface area contributed by atoms with Gasteiger partial charge in [0.25, 0.3) is 0 Å². The molecule has 1 aromatic carbocycles. The number of nitrogens with zero attached hydrogens (tertiary/aromatic N) is 1. The second kappa shape index (κ2) is 5.15. The van der Waals surface area contributed by atoms with Crippen LogP contribution in [0.15, 0.2) is 12.1 Å². The lowest BCUT2D eigenvalue weighted by molar-refractivity contribution is -0.0497. The van der Waals surface area contributed by atoms with E-state index in [0.717, 1.165) is 0 Å². The first-order valence-corrected chi connectivity index (χ1v) is 4.60. The molecule has 0 fully saturated rings. The van der Waals surface area contributed by atoms with Crippen molar-refractivity contribution in [2.24, 2.45) is 0 Å². The second-order valence-electron chi connectivity index (χ2n) is 2.56. The average molecular weight is 252 g/mol. The summed E-state index contributed by atoms with van der Waals surface area (Å²) in [5.41, 5.74) is 0.478. The van der Waals surface area contributed by atoms with Gasteiger partial charge in [-0.05, 0) is 11.6 Å². The number of halogens is 4. The number of alkyl halides is 2. The maximum Gasteiger partial charge on any atom is 0.387 e. The molecule has 1 rings (SSSR count). The normalized spacial score (nSPS) is 10.1. The molecular formula is C9H5Cl2F2NO. The van der Waals surface area contributed by atoms with Crippen molar-refractivity contribution in [3.8, 4) is 11.8 Å². The minimum absolute atomic E-state index is 0.0630. The lowest BCUT2D eigenvalue weighted by Gasteiger charge is -2.09. The highest BCUT2D eigenvalue weighted by Gasteiger charge is 2.13. The van der Waals surface area contributed by atoms with Gasteiger partial charge >= 0.3 is 6.61 Å². The van der Waals surface area contributed by atoms with Crippen molar-refractivity contribution in [1.82, 2.24) is 0 Å². The molecule has 0 bridgehead atoms. The number of hydrogen-bond acceptors (Lipinski definition) is 2. The molecule has 2 nitrogen and oxygen atoms in total. The van der Waals surface area contributed by atoms with E-state index < -0.39 is 6.61 Å². The summed E-state index contributed by atoms with van der Waals surface area (Å²) in [6.45, 7) is -2.96. The maximum absolute atomic E-state index is 11.9. The largest absolute Gasteiger partial charge is 0.433 e. The summed E-state index contributed by atoms with van der Waals surface area (Å²) in [6, 6.07) is 4.56. The van der Waals surface area contributed by atoms with Crippen LogP contribution in [0, 0.1) is 11.3 Å². The van der Waals surface area contributed by atoms with E-state index in [1.54, 1.807) is 0 Å². The van der Waals surface area contributed by atoms with Gasteiger partial charge in [-0.3, -0.25) is 0 Å². The molecule has 0 radical (unpaired) electrons. The van der Waals surface area contributed by atoms with Crippen LogP contribution >= 0.6 is 23.2 Å². The van der Waals surface area contributed by atoms with E-state index in [1.807, 2.05) is 6.07 Å². The third-order valence-electron chi connectivity index (χ3n) is 1.61. The molecule has 80 valence electrons. The molecule has 0 unspecified atom stereocenters. The summed E-state index contributed by atoms with van der Waals surface area (Å²) < 4.78 is 27.9. The third kappa shape index (κ3) is 2.95.